The topological polar surface area (TPSA) is 46.6 Å². The second-order valence-corrected chi connectivity index (χ2v) is 5.21. The Morgan fingerprint density at radius 3 is 2.90 bits per heavy atom. The molecular weight excluding hydrogens is 254 g/mol. The molecule has 0 N–H and O–H groups in total. The number of rotatable bonds is 1. The summed E-state index contributed by atoms with van der Waals surface area (Å²) in [5.41, 5.74) is 2.25. The predicted octanol–water partition coefficient (Wildman–Crippen LogP) is 1.61. The van der Waals surface area contributed by atoms with E-state index in [1.165, 1.54) is 11.6 Å². The molecular formula is C16H13NO3. The highest BCUT2D eigenvalue weighted by molar-refractivity contribution is 6.14. The van der Waals surface area contributed by atoms with Crippen molar-refractivity contribution in [2.24, 2.45) is 5.92 Å². The van der Waals surface area contributed by atoms with Crippen LogP contribution in [0.15, 0.2) is 48.3 Å². The van der Waals surface area contributed by atoms with Gasteiger partial charge in [0.1, 0.15) is 11.7 Å². The lowest BCUT2D eigenvalue weighted by Crippen LogP contribution is -2.40. The third-order valence-electron chi connectivity index (χ3n) is 4.07. The molecule has 3 aliphatic rings. The molecule has 1 fully saturated rings. The smallest absolute Gasteiger partial charge is 0.232 e. The highest BCUT2D eigenvalue weighted by atomic mass is 16.5. The summed E-state index contributed by atoms with van der Waals surface area (Å²) in [4.78, 5) is 26.3. The first-order valence-corrected chi connectivity index (χ1v) is 6.73. The van der Waals surface area contributed by atoms with Crippen molar-refractivity contribution in [3.63, 3.8) is 0 Å². The van der Waals surface area contributed by atoms with Gasteiger partial charge in [-0.2, -0.15) is 0 Å². The fourth-order valence-corrected chi connectivity index (χ4v) is 3.11. The number of fused-ring (bicyclic) bond motifs is 2. The minimum absolute atomic E-state index is 0.151. The number of carbonyl (C=O) groups excluding carboxylic acids is 2. The van der Waals surface area contributed by atoms with Gasteiger partial charge in [0.2, 0.25) is 12.0 Å². The number of ketones is 2. The number of hydrogen-bond acceptors (Lipinski definition) is 4. The average molecular weight is 267 g/mol. The quantitative estimate of drug-likeness (QED) is 0.725. The van der Waals surface area contributed by atoms with Gasteiger partial charge in [-0.15, -0.1) is 0 Å². The summed E-state index contributed by atoms with van der Waals surface area (Å²) in [6.45, 7) is 0.747. The number of para-hydroxylation sites is 1. The Balaban J connectivity index is 1.69. The first-order chi connectivity index (χ1) is 9.75. The number of carbonyl (C=O) groups is 2. The van der Waals surface area contributed by atoms with Crippen LogP contribution in [0.5, 0.6) is 0 Å². The Kier molecular flexibility index (Phi) is 2.33. The fraction of sp³-hybridized carbons (Fsp3) is 0.250. The highest BCUT2D eigenvalue weighted by Gasteiger charge is 2.48. The van der Waals surface area contributed by atoms with Gasteiger partial charge in [0.05, 0.1) is 0 Å². The zero-order valence-corrected chi connectivity index (χ0v) is 10.8. The number of nitrogens with zero attached hydrogens (tertiary/aromatic N) is 1. The maximum absolute atomic E-state index is 12.5. The van der Waals surface area contributed by atoms with E-state index in [-0.39, 0.29) is 11.6 Å². The van der Waals surface area contributed by atoms with Crippen LogP contribution >= 0.6 is 0 Å². The molecule has 2 aliphatic heterocycles. The fourth-order valence-electron chi connectivity index (χ4n) is 3.11. The minimum Gasteiger partial charge on any atom is -0.466 e. The molecule has 1 aliphatic carbocycles. The predicted molar refractivity (Wildman–Crippen MR) is 73.1 cm³/mol. The van der Waals surface area contributed by atoms with Crippen molar-refractivity contribution in [3.8, 4) is 0 Å². The molecule has 0 amide bonds. The van der Waals surface area contributed by atoms with Gasteiger partial charge in [0.15, 0.2) is 5.78 Å². The lowest BCUT2D eigenvalue weighted by molar-refractivity contribution is -0.129. The van der Waals surface area contributed by atoms with Crippen molar-refractivity contribution in [1.82, 2.24) is 0 Å². The van der Waals surface area contributed by atoms with E-state index in [0.717, 1.165) is 18.7 Å². The number of Topliss-reactive ketones (excluding diaryl/α,β-unsaturated/α-hetero) is 1. The van der Waals surface area contributed by atoms with E-state index in [9.17, 15) is 9.59 Å². The highest BCUT2D eigenvalue weighted by Crippen LogP contribution is 2.37. The molecule has 0 radical (unpaired) electrons. The standard InChI is InChI=1S/C16H13NO3/c18-12-6-3-7-13-14(12)15(19)16(20-13)17-9-8-10-4-1-2-5-11(10)17/h1-7,14,16H,8-9H2. The maximum Gasteiger partial charge on any atom is 0.232 e. The van der Waals surface area contributed by atoms with Gasteiger partial charge >= 0.3 is 0 Å². The lowest BCUT2D eigenvalue weighted by Gasteiger charge is -2.24. The Labute approximate surface area is 116 Å². The number of allylic oxidation sites excluding steroid dienone is 4. The summed E-state index contributed by atoms with van der Waals surface area (Å²) in [7, 11) is 0. The van der Waals surface area contributed by atoms with Gasteiger partial charge in [-0.05, 0) is 30.2 Å². The Morgan fingerprint density at radius 1 is 1.20 bits per heavy atom. The molecule has 0 spiro atoms. The lowest BCUT2D eigenvalue weighted by atomic mass is 9.94. The van der Waals surface area contributed by atoms with Crippen molar-refractivity contribution in [3.05, 3.63) is 53.8 Å². The van der Waals surface area contributed by atoms with Crippen molar-refractivity contribution in [1.29, 1.82) is 0 Å². The first kappa shape index (κ1) is 11.5. The van der Waals surface area contributed by atoms with Gasteiger partial charge in [0, 0.05) is 12.2 Å². The molecule has 4 heteroatoms. The molecule has 0 aromatic heterocycles. The van der Waals surface area contributed by atoms with E-state index >= 15 is 0 Å². The second-order valence-electron chi connectivity index (χ2n) is 5.21. The zero-order chi connectivity index (χ0) is 13.7. The number of ether oxygens (including phenoxy) is 1. The zero-order valence-electron chi connectivity index (χ0n) is 10.8. The number of hydrogen-bond donors (Lipinski definition) is 0. The molecule has 2 atom stereocenters. The maximum atomic E-state index is 12.5. The summed E-state index contributed by atoms with van der Waals surface area (Å²) in [6, 6.07) is 8.01. The Morgan fingerprint density at radius 2 is 2.05 bits per heavy atom. The van der Waals surface area contributed by atoms with Gasteiger partial charge < -0.3 is 9.64 Å². The molecule has 2 heterocycles. The van der Waals surface area contributed by atoms with Gasteiger partial charge in [-0.25, -0.2) is 0 Å². The van der Waals surface area contributed by atoms with Crippen molar-refractivity contribution < 1.29 is 14.3 Å². The van der Waals surface area contributed by atoms with Crippen molar-refractivity contribution in [2.45, 2.75) is 12.6 Å². The van der Waals surface area contributed by atoms with E-state index in [4.69, 9.17) is 4.74 Å². The van der Waals surface area contributed by atoms with Gasteiger partial charge in [-0.3, -0.25) is 9.59 Å². The summed E-state index contributed by atoms with van der Waals surface area (Å²) >= 11 is 0. The van der Waals surface area contributed by atoms with E-state index in [0.29, 0.717) is 5.76 Å². The molecule has 4 rings (SSSR count). The summed E-state index contributed by atoms with van der Waals surface area (Å²) < 4.78 is 5.75. The third kappa shape index (κ3) is 1.48. The molecule has 1 saturated heterocycles. The van der Waals surface area contributed by atoms with E-state index < -0.39 is 12.1 Å². The van der Waals surface area contributed by atoms with E-state index in [1.807, 2.05) is 23.1 Å². The van der Waals surface area contributed by atoms with Crippen LogP contribution in [0.25, 0.3) is 0 Å². The first-order valence-electron chi connectivity index (χ1n) is 6.73. The summed E-state index contributed by atoms with van der Waals surface area (Å²) in [5.74, 6) is -0.584. The van der Waals surface area contributed by atoms with Crippen LogP contribution in [0.3, 0.4) is 0 Å². The van der Waals surface area contributed by atoms with Crippen LogP contribution in [0.1, 0.15) is 5.56 Å². The molecule has 20 heavy (non-hydrogen) atoms. The van der Waals surface area contributed by atoms with Crippen molar-refractivity contribution in [2.75, 3.05) is 11.4 Å². The van der Waals surface area contributed by atoms with Crippen LogP contribution in [0.2, 0.25) is 0 Å². The van der Waals surface area contributed by atoms with Crippen molar-refractivity contribution >= 4 is 17.3 Å². The molecule has 100 valence electrons. The average Bonchev–Trinajstić information content (AvgIpc) is 3.01. The number of anilines is 1. The monoisotopic (exact) mass is 267 g/mol. The van der Waals surface area contributed by atoms with Crippen LogP contribution in [0, 0.1) is 5.92 Å². The second kappa shape index (κ2) is 4.07. The van der Waals surface area contributed by atoms with E-state index in [1.54, 1.807) is 12.2 Å². The normalized spacial score (nSPS) is 27.2. The molecule has 1 aromatic rings. The van der Waals surface area contributed by atoms with Crippen LogP contribution in [0.4, 0.5) is 5.69 Å². The molecule has 0 saturated carbocycles. The van der Waals surface area contributed by atoms with Crippen LogP contribution in [-0.2, 0) is 20.7 Å². The minimum atomic E-state index is -0.738. The molecule has 4 nitrogen and oxygen atoms in total. The van der Waals surface area contributed by atoms with E-state index in [2.05, 4.69) is 6.07 Å². The van der Waals surface area contributed by atoms with Gasteiger partial charge in [-0.1, -0.05) is 24.3 Å². The largest absolute Gasteiger partial charge is 0.466 e. The summed E-state index contributed by atoms with van der Waals surface area (Å²) in [6.07, 6.45) is 5.03. The number of benzene rings is 1. The molecule has 1 aromatic carbocycles. The molecule has 2 unspecified atom stereocenters. The third-order valence-corrected chi connectivity index (χ3v) is 4.07. The van der Waals surface area contributed by atoms with Crippen LogP contribution < -0.4 is 4.90 Å². The SMILES string of the molecule is O=C1C=CC=C2OC(N3CCc4ccccc43)C(=O)C12. The molecule has 0 bridgehead atoms. The van der Waals surface area contributed by atoms with Gasteiger partial charge in [0.25, 0.3) is 0 Å². The Bertz CT molecular complexity index is 674. The van der Waals surface area contributed by atoms with Crippen LogP contribution in [-0.4, -0.2) is 24.3 Å². The Hall–Kier alpha value is -2.36. The summed E-state index contributed by atoms with van der Waals surface area (Å²) in [5, 5.41) is 0.